The molecule has 5 rings (SSSR count). The number of amides is 2. The minimum atomic E-state index is -0.364. The van der Waals surface area contributed by atoms with Gasteiger partial charge in [0.15, 0.2) is 0 Å². The zero-order valence-electron chi connectivity index (χ0n) is 11.3. The third-order valence-corrected chi connectivity index (χ3v) is 5.94. The van der Waals surface area contributed by atoms with Gasteiger partial charge in [0, 0.05) is 0 Å². The van der Waals surface area contributed by atoms with Gasteiger partial charge in [0.2, 0.25) is 11.8 Å². The van der Waals surface area contributed by atoms with E-state index in [2.05, 4.69) is 12.2 Å². The minimum absolute atomic E-state index is 0.0975. The molecule has 106 valence electrons. The first-order chi connectivity index (χ1) is 10.1. The summed E-state index contributed by atoms with van der Waals surface area (Å²) >= 11 is 0. The molecule has 0 unspecified atom stereocenters. The number of allylic oxidation sites excluding steroid dienone is 2. The van der Waals surface area contributed by atoms with Crippen LogP contribution in [0, 0.1) is 34.9 Å². The van der Waals surface area contributed by atoms with E-state index in [-0.39, 0.29) is 46.7 Å². The zero-order valence-corrected chi connectivity index (χ0v) is 11.3. The Kier molecular flexibility index (Phi) is 1.91. The number of benzene rings is 1. The van der Waals surface area contributed by atoms with Crippen molar-refractivity contribution in [3.05, 3.63) is 42.2 Å². The van der Waals surface area contributed by atoms with E-state index in [0.29, 0.717) is 5.69 Å². The van der Waals surface area contributed by atoms with Gasteiger partial charge in [-0.25, -0.2) is 4.39 Å². The molecular weight excluding hydrogens is 269 g/mol. The third kappa shape index (κ3) is 1.20. The van der Waals surface area contributed by atoms with Gasteiger partial charge in [-0.1, -0.05) is 12.2 Å². The predicted octanol–water partition coefficient (Wildman–Crippen LogP) is 2.53. The number of hydrogen-bond acceptors (Lipinski definition) is 2. The lowest BCUT2D eigenvalue weighted by Crippen LogP contribution is -2.34. The molecule has 1 spiro atoms. The summed E-state index contributed by atoms with van der Waals surface area (Å²) in [4.78, 5) is 26.8. The molecule has 0 aromatic heterocycles. The molecule has 2 saturated carbocycles. The Morgan fingerprint density at radius 2 is 1.48 bits per heavy atom. The zero-order chi connectivity index (χ0) is 14.4. The summed E-state index contributed by atoms with van der Waals surface area (Å²) in [6, 6.07) is 5.60. The van der Waals surface area contributed by atoms with Crippen LogP contribution >= 0.6 is 0 Å². The lowest BCUT2D eigenvalue weighted by Gasteiger charge is -2.21. The van der Waals surface area contributed by atoms with Crippen LogP contribution in [0.3, 0.4) is 0 Å². The molecule has 4 heteroatoms. The van der Waals surface area contributed by atoms with Crippen molar-refractivity contribution in [2.24, 2.45) is 29.1 Å². The average molecular weight is 283 g/mol. The number of nitrogens with zero attached hydrogens (tertiary/aromatic N) is 1. The van der Waals surface area contributed by atoms with Crippen molar-refractivity contribution in [2.45, 2.75) is 12.8 Å². The summed E-state index contributed by atoms with van der Waals surface area (Å²) in [6.07, 6.45) is 6.58. The van der Waals surface area contributed by atoms with Crippen molar-refractivity contribution in [1.29, 1.82) is 0 Å². The van der Waals surface area contributed by atoms with Gasteiger partial charge in [-0.05, 0) is 54.4 Å². The average Bonchev–Trinajstić information content (AvgIpc) is 3.07. The van der Waals surface area contributed by atoms with Crippen LogP contribution in [0.25, 0.3) is 0 Å². The lowest BCUT2D eigenvalue weighted by molar-refractivity contribution is -0.123. The van der Waals surface area contributed by atoms with Crippen molar-refractivity contribution in [3.8, 4) is 0 Å². The fourth-order valence-corrected chi connectivity index (χ4v) is 4.92. The molecular formula is C17H14FNO2. The highest BCUT2D eigenvalue weighted by molar-refractivity contribution is 6.23. The molecule has 1 aromatic carbocycles. The fourth-order valence-electron chi connectivity index (χ4n) is 4.92. The van der Waals surface area contributed by atoms with E-state index in [1.165, 1.54) is 29.2 Å². The number of hydrogen-bond donors (Lipinski definition) is 0. The van der Waals surface area contributed by atoms with E-state index in [4.69, 9.17) is 0 Å². The summed E-state index contributed by atoms with van der Waals surface area (Å²) < 4.78 is 13.0. The molecule has 0 N–H and O–H groups in total. The molecule has 3 nitrogen and oxygen atoms in total. The fraction of sp³-hybridized carbons (Fsp3) is 0.412. The Hall–Kier alpha value is -1.97. The van der Waals surface area contributed by atoms with Gasteiger partial charge in [-0.15, -0.1) is 0 Å². The van der Waals surface area contributed by atoms with Crippen LogP contribution in [0.5, 0.6) is 0 Å². The van der Waals surface area contributed by atoms with Crippen LogP contribution in [0.2, 0.25) is 0 Å². The molecule has 0 radical (unpaired) electrons. The minimum Gasteiger partial charge on any atom is -0.274 e. The topological polar surface area (TPSA) is 37.4 Å². The Bertz CT molecular complexity index is 670. The number of anilines is 1. The van der Waals surface area contributed by atoms with Gasteiger partial charge in [-0.2, -0.15) is 0 Å². The molecule has 2 amide bonds. The largest absolute Gasteiger partial charge is 0.274 e. The molecule has 3 fully saturated rings. The summed E-state index contributed by atoms with van der Waals surface area (Å²) in [5.74, 6) is -0.486. The van der Waals surface area contributed by atoms with Crippen LogP contribution in [0.4, 0.5) is 10.1 Å². The maximum atomic E-state index is 13.0. The summed E-state index contributed by atoms with van der Waals surface area (Å²) in [7, 11) is 0. The second kappa shape index (κ2) is 3.43. The van der Waals surface area contributed by atoms with Crippen LogP contribution in [-0.4, -0.2) is 11.8 Å². The van der Waals surface area contributed by atoms with Gasteiger partial charge in [-0.3, -0.25) is 14.5 Å². The lowest BCUT2D eigenvalue weighted by atomic mass is 9.85. The molecule has 4 aliphatic rings. The van der Waals surface area contributed by atoms with E-state index in [1.54, 1.807) is 0 Å². The van der Waals surface area contributed by atoms with E-state index in [1.807, 2.05) is 0 Å². The number of halogens is 1. The maximum Gasteiger partial charge on any atom is 0.238 e. The quantitative estimate of drug-likeness (QED) is 0.586. The van der Waals surface area contributed by atoms with E-state index in [0.717, 1.165) is 12.8 Å². The van der Waals surface area contributed by atoms with Crippen LogP contribution in [0.1, 0.15) is 12.8 Å². The summed E-state index contributed by atoms with van der Waals surface area (Å²) in [5.41, 5.74) is 0.709. The van der Waals surface area contributed by atoms with Gasteiger partial charge in [0.25, 0.3) is 0 Å². The summed E-state index contributed by atoms with van der Waals surface area (Å²) in [5, 5.41) is 0. The molecule has 1 heterocycles. The Labute approximate surface area is 121 Å². The van der Waals surface area contributed by atoms with E-state index < -0.39 is 0 Å². The normalized spacial score (nSPS) is 37.7. The molecule has 1 saturated heterocycles. The van der Waals surface area contributed by atoms with E-state index in [9.17, 15) is 14.0 Å². The second-order valence-corrected chi connectivity index (χ2v) is 6.71. The first-order valence-corrected chi connectivity index (χ1v) is 7.45. The van der Waals surface area contributed by atoms with Gasteiger partial charge >= 0.3 is 0 Å². The summed E-state index contributed by atoms with van der Waals surface area (Å²) in [6.45, 7) is 0. The van der Waals surface area contributed by atoms with Crippen molar-refractivity contribution < 1.29 is 14.0 Å². The third-order valence-electron chi connectivity index (χ3n) is 5.94. The standard InChI is InChI=1S/C17H14FNO2/c18-9-1-3-10(4-2-9)19-15(20)13-11-5-6-12(14(13)16(19)21)17(11)7-8-17/h1-6,11-14H,7-8H2/t11-,12+,13-,14-/m0/s1. The van der Waals surface area contributed by atoms with Crippen molar-refractivity contribution in [3.63, 3.8) is 0 Å². The molecule has 2 bridgehead atoms. The second-order valence-electron chi connectivity index (χ2n) is 6.71. The Balaban J connectivity index is 1.57. The SMILES string of the molecule is O=C1[C@@H]2[C@@H](C(=O)N1c1ccc(F)cc1)[C@@H]1C=C[C@H]2C12CC2. The molecule has 21 heavy (non-hydrogen) atoms. The molecule has 1 aliphatic heterocycles. The predicted molar refractivity (Wildman–Crippen MR) is 73.7 cm³/mol. The number of rotatable bonds is 1. The highest BCUT2D eigenvalue weighted by Gasteiger charge is 2.73. The number of carbonyl (C=O) groups excluding carboxylic acids is 2. The van der Waals surface area contributed by atoms with Crippen molar-refractivity contribution in [2.75, 3.05) is 4.90 Å². The van der Waals surface area contributed by atoms with Gasteiger partial charge < -0.3 is 0 Å². The Morgan fingerprint density at radius 1 is 0.952 bits per heavy atom. The number of fused-ring (bicyclic) bond motifs is 3. The first kappa shape index (κ1) is 11.7. The molecule has 4 atom stereocenters. The van der Waals surface area contributed by atoms with Crippen molar-refractivity contribution >= 4 is 17.5 Å². The Morgan fingerprint density at radius 3 is 1.95 bits per heavy atom. The monoisotopic (exact) mass is 283 g/mol. The number of carbonyl (C=O) groups is 2. The van der Waals surface area contributed by atoms with Crippen LogP contribution in [-0.2, 0) is 9.59 Å². The van der Waals surface area contributed by atoms with Crippen LogP contribution < -0.4 is 4.90 Å². The van der Waals surface area contributed by atoms with Crippen LogP contribution in [0.15, 0.2) is 36.4 Å². The molecule has 1 aromatic rings. The highest BCUT2D eigenvalue weighted by Crippen LogP contribution is 2.73. The molecule has 3 aliphatic carbocycles. The van der Waals surface area contributed by atoms with E-state index >= 15 is 0 Å². The first-order valence-electron chi connectivity index (χ1n) is 7.45. The maximum absolute atomic E-state index is 13.0. The smallest absolute Gasteiger partial charge is 0.238 e. The number of imide groups is 1. The van der Waals surface area contributed by atoms with Gasteiger partial charge in [0.05, 0.1) is 17.5 Å². The van der Waals surface area contributed by atoms with Gasteiger partial charge in [0.1, 0.15) is 5.82 Å². The van der Waals surface area contributed by atoms with Crippen molar-refractivity contribution in [1.82, 2.24) is 0 Å². The highest BCUT2D eigenvalue weighted by atomic mass is 19.1.